The van der Waals surface area contributed by atoms with E-state index in [0.717, 1.165) is 5.56 Å². The van der Waals surface area contributed by atoms with Crippen LogP contribution in [0.5, 0.6) is 0 Å². The first-order valence-electron chi connectivity index (χ1n) is 3.12. The van der Waals surface area contributed by atoms with Crippen LogP contribution in [-0.4, -0.2) is 8.42 Å². The van der Waals surface area contributed by atoms with Gasteiger partial charge in [0.15, 0.2) is 0 Å². The largest absolute Gasteiger partial charge is 0.238 e. The normalized spacial score (nSPS) is 11.6. The van der Waals surface area contributed by atoms with Crippen molar-refractivity contribution in [3.05, 3.63) is 28.2 Å². The van der Waals surface area contributed by atoms with Gasteiger partial charge in [0.05, 0.1) is 19.7 Å². The molecule has 0 saturated carbocycles. The molecule has 0 atom stereocenters. The maximum absolute atomic E-state index is 11.1. The molecule has 0 saturated heterocycles. The van der Waals surface area contributed by atoms with E-state index < -0.39 is 8.27 Å². The summed E-state index contributed by atoms with van der Waals surface area (Å²) in [6, 6.07) is 5.07. The van der Waals surface area contributed by atoms with Gasteiger partial charge < -0.3 is 0 Å². The first kappa shape index (κ1) is 10.2. The number of benzene rings is 1. The minimum atomic E-state index is -3.28. The Bertz CT molecular complexity index is 398. The Hall–Kier alpha value is 0.130. The highest BCUT2D eigenvalue weighted by Gasteiger charge is 2.12. The second-order valence-corrected chi connectivity index (χ2v) is 7.10. The van der Waals surface area contributed by atoms with Crippen molar-refractivity contribution in [3.63, 3.8) is 0 Å². The van der Waals surface area contributed by atoms with Gasteiger partial charge >= 0.3 is 0 Å². The van der Waals surface area contributed by atoms with Crippen molar-refractivity contribution >= 4 is 39.0 Å². The monoisotopic (exact) mass is 312 g/mol. The van der Waals surface area contributed by atoms with Crippen LogP contribution >= 0.6 is 30.7 Å². The van der Waals surface area contributed by atoms with E-state index >= 15 is 0 Å². The average molecular weight is 314 g/mol. The van der Waals surface area contributed by atoms with Crippen molar-refractivity contribution < 1.29 is 8.42 Å². The molecule has 2 nitrogen and oxygen atoms in total. The van der Waals surface area contributed by atoms with E-state index in [1.165, 1.54) is 0 Å². The third kappa shape index (κ3) is 2.31. The van der Waals surface area contributed by atoms with Crippen LogP contribution in [-0.2, 0) is 8.27 Å². The average Bonchev–Trinajstić information content (AvgIpc) is 1.83. The lowest BCUT2D eigenvalue weighted by atomic mass is 10.2. The molecular weight excluding hydrogens is 308 g/mol. The van der Waals surface area contributed by atoms with Crippen LogP contribution in [0.3, 0.4) is 0 Å². The lowest BCUT2D eigenvalue weighted by Gasteiger charge is -2.00. The van der Waals surface area contributed by atoms with Crippen LogP contribution < -0.4 is 0 Å². The van der Waals surface area contributed by atoms with Gasteiger partial charge in [-0.2, -0.15) is 0 Å². The van der Waals surface area contributed by atoms with E-state index in [2.05, 4.69) is 30.7 Å². The van der Waals surface area contributed by atoms with Crippen LogP contribution in [0.4, 0.5) is 0 Å². The van der Waals surface area contributed by atoms with E-state index in [4.69, 9.17) is 0 Å². The summed E-state index contributed by atoms with van der Waals surface area (Å²) >= 11 is 5.78. The molecule has 66 valence electrons. The van der Waals surface area contributed by atoms with Gasteiger partial charge in [-0.15, -0.1) is 0 Å². The number of rotatable bonds is 1. The van der Waals surface area contributed by atoms with E-state index in [9.17, 15) is 8.42 Å². The van der Waals surface area contributed by atoms with Gasteiger partial charge in [0.2, 0.25) is 8.27 Å². The lowest BCUT2D eigenvalue weighted by Crippen LogP contribution is -1.91. The van der Waals surface area contributed by atoms with Crippen molar-refractivity contribution in [2.24, 2.45) is 0 Å². The van der Waals surface area contributed by atoms with E-state index in [1.54, 1.807) is 18.2 Å². The lowest BCUT2D eigenvalue weighted by molar-refractivity contribution is 0.611. The highest BCUT2D eigenvalue weighted by Crippen LogP contribution is 2.26. The van der Waals surface area contributed by atoms with Crippen molar-refractivity contribution in [1.82, 2.24) is 0 Å². The molecule has 0 unspecified atom stereocenters. The molecule has 5 heteroatoms. The summed E-state index contributed by atoms with van der Waals surface area (Å²) in [5.74, 6) is 0. The Kier molecular flexibility index (Phi) is 2.96. The Morgan fingerprint density at radius 2 is 1.92 bits per heavy atom. The molecule has 0 aliphatic heterocycles. The Labute approximate surface area is 87.2 Å². The second kappa shape index (κ2) is 3.47. The number of hydrogen-bond acceptors (Lipinski definition) is 2. The predicted octanol–water partition coefficient (Wildman–Crippen LogP) is 2.84. The molecular formula is C7H6Br2O2S. The van der Waals surface area contributed by atoms with Gasteiger partial charge in [0, 0.05) is 4.47 Å². The van der Waals surface area contributed by atoms with E-state index in [0.29, 0.717) is 4.47 Å². The molecule has 0 aliphatic carbocycles. The predicted molar refractivity (Wildman–Crippen MR) is 55.0 cm³/mol. The summed E-state index contributed by atoms with van der Waals surface area (Å²) in [6.07, 6.45) is 0. The molecule has 0 heterocycles. The molecule has 0 amide bonds. The summed E-state index contributed by atoms with van der Waals surface area (Å²) in [5, 5.41) is 0. The molecule has 12 heavy (non-hydrogen) atoms. The summed E-state index contributed by atoms with van der Waals surface area (Å²) in [5.41, 5.74) is 1.02. The summed E-state index contributed by atoms with van der Waals surface area (Å²) in [6.45, 7) is 1.90. The van der Waals surface area contributed by atoms with Gasteiger partial charge in [0.1, 0.15) is 0 Å². The highest BCUT2D eigenvalue weighted by molar-refractivity contribution is 9.47. The van der Waals surface area contributed by atoms with Crippen LogP contribution in [0, 0.1) is 6.92 Å². The zero-order chi connectivity index (χ0) is 9.35. The fourth-order valence-corrected chi connectivity index (χ4v) is 3.96. The Balaban J connectivity index is 3.39. The highest BCUT2D eigenvalue weighted by atomic mass is 79.9. The van der Waals surface area contributed by atoms with Crippen LogP contribution in [0.1, 0.15) is 5.56 Å². The van der Waals surface area contributed by atoms with Crippen LogP contribution in [0.25, 0.3) is 0 Å². The zero-order valence-corrected chi connectivity index (χ0v) is 10.2. The molecule has 0 radical (unpaired) electrons. The van der Waals surface area contributed by atoms with Crippen molar-refractivity contribution in [2.75, 3.05) is 0 Å². The number of halogens is 2. The van der Waals surface area contributed by atoms with Crippen LogP contribution in [0.15, 0.2) is 27.6 Å². The molecule has 0 spiro atoms. The third-order valence-electron chi connectivity index (χ3n) is 1.35. The maximum Gasteiger partial charge on any atom is 0.238 e. The first-order valence-corrected chi connectivity index (χ1v) is 7.24. The van der Waals surface area contributed by atoms with Gasteiger partial charge in [-0.05, 0) is 40.5 Å². The third-order valence-corrected chi connectivity index (χ3v) is 4.20. The molecule has 0 fully saturated rings. The summed E-state index contributed by atoms with van der Waals surface area (Å²) in [7, 11) is -3.28. The molecule has 1 aromatic carbocycles. The molecule has 1 aromatic rings. The summed E-state index contributed by atoms with van der Waals surface area (Å²) < 4.78 is 22.7. The van der Waals surface area contributed by atoms with E-state index in [1.807, 2.05) is 6.92 Å². The van der Waals surface area contributed by atoms with Crippen LogP contribution in [0.2, 0.25) is 0 Å². The number of hydrogen-bond donors (Lipinski definition) is 0. The minimum absolute atomic E-state index is 0.258. The Morgan fingerprint density at radius 3 is 2.33 bits per heavy atom. The van der Waals surface area contributed by atoms with Crippen molar-refractivity contribution in [3.8, 4) is 0 Å². The van der Waals surface area contributed by atoms with Crippen molar-refractivity contribution in [2.45, 2.75) is 11.8 Å². The molecule has 0 bridgehead atoms. The van der Waals surface area contributed by atoms with Crippen molar-refractivity contribution in [1.29, 1.82) is 0 Å². The van der Waals surface area contributed by atoms with Gasteiger partial charge in [0.25, 0.3) is 0 Å². The molecule has 0 aliphatic rings. The standard InChI is InChI=1S/C7H6Br2O2S/c1-5-2-3-7(6(8)4-5)12(9,10)11/h2-4H,1H3. The molecule has 0 N–H and O–H groups in total. The quantitative estimate of drug-likeness (QED) is 0.747. The SMILES string of the molecule is Cc1ccc(S(=O)(=O)Br)c(Br)c1. The number of aryl methyl sites for hydroxylation is 1. The molecule has 1 rings (SSSR count). The van der Waals surface area contributed by atoms with Gasteiger partial charge in [-0.25, -0.2) is 8.42 Å². The summed E-state index contributed by atoms with van der Waals surface area (Å²) in [4.78, 5) is 0.258. The fraction of sp³-hybridized carbons (Fsp3) is 0.143. The van der Waals surface area contributed by atoms with Gasteiger partial charge in [-0.3, -0.25) is 0 Å². The second-order valence-electron chi connectivity index (χ2n) is 2.37. The smallest absolute Gasteiger partial charge is 0.212 e. The first-order chi connectivity index (χ1) is 5.41. The van der Waals surface area contributed by atoms with Gasteiger partial charge in [-0.1, -0.05) is 6.07 Å². The zero-order valence-electron chi connectivity index (χ0n) is 6.21. The van der Waals surface area contributed by atoms with E-state index in [-0.39, 0.29) is 4.90 Å². The Morgan fingerprint density at radius 1 is 1.33 bits per heavy atom. The minimum Gasteiger partial charge on any atom is -0.212 e. The topological polar surface area (TPSA) is 34.1 Å². The maximum atomic E-state index is 11.1. The fourth-order valence-electron chi connectivity index (χ4n) is 0.804. The molecule has 0 aromatic heterocycles.